The van der Waals surface area contributed by atoms with Gasteiger partial charge in [0.2, 0.25) is 5.91 Å². The number of amides is 1. The molecule has 4 rings (SSSR count). The van der Waals surface area contributed by atoms with Crippen molar-refractivity contribution in [3.63, 3.8) is 0 Å². The largest absolute Gasteiger partial charge is 0.369 e. The van der Waals surface area contributed by atoms with Crippen molar-refractivity contribution < 1.29 is 9.59 Å². The third-order valence-electron chi connectivity index (χ3n) is 6.14. The standard InChI is InChI=1S/C27H29N3O2/c1-20-9-8-14-25(21(20)2)30-17-15-29(16-18-30)19-26(31)28-24-13-7-6-12-23(24)27(32)22-10-4-3-5-11-22/h3-14H,15-19H2,1-2H3,(H,28,31). The Balaban J connectivity index is 1.36. The van der Waals surface area contributed by atoms with Gasteiger partial charge < -0.3 is 10.2 Å². The highest BCUT2D eigenvalue weighted by atomic mass is 16.2. The van der Waals surface area contributed by atoms with Crippen molar-refractivity contribution in [2.75, 3.05) is 42.9 Å². The van der Waals surface area contributed by atoms with Crippen LogP contribution < -0.4 is 10.2 Å². The highest BCUT2D eigenvalue weighted by Gasteiger charge is 2.21. The topological polar surface area (TPSA) is 52.6 Å². The Morgan fingerprint density at radius 2 is 1.50 bits per heavy atom. The van der Waals surface area contributed by atoms with Crippen LogP contribution in [0.1, 0.15) is 27.0 Å². The minimum absolute atomic E-state index is 0.0939. The number of hydrogen-bond acceptors (Lipinski definition) is 4. The van der Waals surface area contributed by atoms with E-state index in [1.807, 2.05) is 30.3 Å². The molecule has 0 bridgehead atoms. The molecular formula is C27H29N3O2. The molecule has 1 aliphatic heterocycles. The van der Waals surface area contributed by atoms with E-state index in [-0.39, 0.29) is 11.7 Å². The number of carbonyl (C=O) groups is 2. The van der Waals surface area contributed by atoms with Crippen molar-refractivity contribution >= 4 is 23.1 Å². The SMILES string of the molecule is Cc1cccc(N2CCN(CC(=O)Nc3ccccc3C(=O)c3ccccc3)CC2)c1C. The number of piperazine rings is 1. The van der Waals surface area contributed by atoms with Gasteiger partial charge in [0.15, 0.2) is 5.78 Å². The van der Waals surface area contributed by atoms with E-state index in [0.717, 1.165) is 26.2 Å². The number of nitrogens with zero attached hydrogens (tertiary/aromatic N) is 2. The number of rotatable bonds is 6. The van der Waals surface area contributed by atoms with E-state index in [1.54, 1.807) is 24.3 Å². The Hall–Kier alpha value is -3.44. The van der Waals surface area contributed by atoms with Gasteiger partial charge in [0, 0.05) is 43.0 Å². The van der Waals surface area contributed by atoms with Gasteiger partial charge >= 0.3 is 0 Å². The van der Waals surface area contributed by atoms with Crippen LogP contribution in [0.2, 0.25) is 0 Å². The number of anilines is 2. The summed E-state index contributed by atoms with van der Waals surface area (Å²) in [5.41, 5.74) is 5.57. The third-order valence-corrected chi connectivity index (χ3v) is 6.14. The number of benzene rings is 3. The summed E-state index contributed by atoms with van der Waals surface area (Å²) >= 11 is 0. The number of carbonyl (C=O) groups excluding carboxylic acids is 2. The highest BCUT2D eigenvalue weighted by molar-refractivity contribution is 6.13. The molecule has 1 heterocycles. The summed E-state index contributed by atoms with van der Waals surface area (Å²) in [5.74, 6) is -0.192. The molecular weight excluding hydrogens is 398 g/mol. The summed E-state index contributed by atoms with van der Waals surface area (Å²) in [6.07, 6.45) is 0. The van der Waals surface area contributed by atoms with Crippen molar-refractivity contribution in [2.24, 2.45) is 0 Å². The van der Waals surface area contributed by atoms with Crippen molar-refractivity contribution in [3.05, 3.63) is 95.1 Å². The Kier molecular flexibility index (Phi) is 6.66. The fourth-order valence-corrected chi connectivity index (χ4v) is 4.15. The summed E-state index contributed by atoms with van der Waals surface area (Å²) in [6, 6.07) is 22.7. The molecule has 0 saturated carbocycles. The average molecular weight is 428 g/mol. The molecule has 164 valence electrons. The van der Waals surface area contributed by atoms with Gasteiger partial charge in [-0.1, -0.05) is 54.6 Å². The summed E-state index contributed by atoms with van der Waals surface area (Å²) in [6.45, 7) is 8.05. The Labute approximate surface area is 189 Å². The number of ketones is 1. The molecule has 1 fully saturated rings. The number of hydrogen-bond donors (Lipinski definition) is 1. The molecule has 1 saturated heterocycles. The number of aryl methyl sites for hydroxylation is 1. The normalized spacial score (nSPS) is 14.2. The van der Waals surface area contributed by atoms with Gasteiger partial charge in [-0.15, -0.1) is 0 Å². The maximum Gasteiger partial charge on any atom is 0.238 e. The number of nitrogens with one attached hydrogen (secondary N) is 1. The first kappa shape index (κ1) is 21.8. The molecule has 1 aliphatic rings. The molecule has 0 unspecified atom stereocenters. The summed E-state index contributed by atoms with van der Waals surface area (Å²) in [7, 11) is 0. The van der Waals surface area contributed by atoms with E-state index >= 15 is 0 Å². The molecule has 5 nitrogen and oxygen atoms in total. The van der Waals surface area contributed by atoms with Gasteiger partial charge in [-0.2, -0.15) is 0 Å². The summed E-state index contributed by atoms with van der Waals surface area (Å²) in [4.78, 5) is 30.2. The maximum atomic E-state index is 12.9. The Morgan fingerprint density at radius 1 is 0.812 bits per heavy atom. The van der Waals surface area contributed by atoms with E-state index < -0.39 is 0 Å². The zero-order valence-corrected chi connectivity index (χ0v) is 18.7. The van der Waals surface area contributed by atoms with E-state index in [4.69, 9.17) is 0 Å². The highest BCUT2D eigenvalue weighted by Crippen LogP contribution is 2.24. The second kappa shape index (κ2) is 9.79. The molecule has 32 heavy (non-hydrogen) atoms. The van der Waals surface area contributed by atoms with Crippen LogP contribution in [0.15, 0.2) is 72.8 Å². The lowest BCUT2D eigenvalue weighted by atomic mass is 10.0. The van der Waals surface area contributed by atoms with Crippen LogP contribution in [0.3, 0.4) is 0 Å². The fourth-order valence-electron chi connectivity index (χ4n) is 4.15. The second-order valence-electron chi connectivity index (χ2n) is 8.27. The van der Waals surface area contributed by atoms with E-state index in [0.29, 0.717) is 23.4 Å². The maximum absolute atomic E-state index is 12.9. The molecule has 0 radical (unpaired) electrons. The first-order valence-corrected chi connectivity index (χ1v) is 11.0. The van der Waals surface area contributed by atoms with Crippen LogP contribution in [0.4, 0.5) is 11.4 Å². The first-order chi connectivity index (χ1) is 15.5. The van der Waals surface area contributed by atoms with Gasteiger partial charge in [-0.25, -0.2) is 0 Å². The van der Waals surface area contributed by atoms with Gasteiger partial charge in [0.1, 0.15) is 0 Å². The van der Waals surface area contributed by atoms with Crippen molar-refractivity contribution in [1.29, 1.82) is 0 Å². The lowest BCUT2D eigenvalue weighted by molar-refractivity contribution is -0.117. The Bertz CT molecular complexity index is 1100. The van der Waals surface area contributed by atoms with Crippen LogP contribution in [-0.2, 0) is 4.79 Å². The molecule has 0 aromatic heterocycles. The molecule has 1 amide bonds. The second-order valence-corrected chi connectivity index (χ2v) is 8.27. The number of para-hydroxylation sites is 1. The quantitative estimate of drug-likeness (QED) is 0.596. The van der Waals surface area contributed by atoms with Crippen LogP contribution in [0.25, 0.3) is 0 Å². The average Bonchev–Trinajstić information content (AvgIpc) is 2.82. The predicted octanol–water partition coefficient (Wildman–Crippen LogP) is 4.30. The van der Waals surface area contributed by atoms with Gasteiger partial charge in [0.05, 0.1) is 12.2 Å². The Morgan fingerprint density at radius 3 is 2.25 bits per heavy atom. The van der Waals surface area contributed by atoms with Crippen LogP contribution >= 0.6 is 0 Å². The predicted molar refractivity (Wildman–Crippen MR) is 130 cm³/mol. The molecule has 3 aromatic rings. The zero-order valence-electron chi connectivity index (χ0n) is 18.7. The molecule has 0 spiro atoms. The van der Waals surface area contributed by atoms with Crippen LogP contribution in [-0.4, -0.2) is 49.3 Å². The van der Waals surface area contributed by atoms with E-state index in [1.165, 1.54) is 16.8 Å². The molecule has 3 aromatic carbocycles. The third kappa shape index (κ3) is 4.89. The lowest BCUT2D eigenvalue weighted by Crippen LogP contribution is -2.48. The molecule has 1 N–H and O–H groups in total. The van der Waals surface area contributed by atoms with Gasteiger partial charge in [0.25, 0.3) is 0 Å². The monoisotopic (exact) mass is 427 g/mol. The fraction of sp³-hybridized carbons (Fsp3) is 0.259. The lowest BCUT2D eigenvalue weighted by Gasteiger charge is -2.36. The molecule has 0 aliphatic carbocycles. The first-order valence-electron chi connectivity index (χ1n) is 11.0. The van der Waals surface area contributed by atoms with Crippen LogP contribution in [0, 0.1) is 13.8 Å². The van der Waals surface area contributed by atoms with Crippen LogP contribution in [0.5, 0.6) is 0 Å². The van der Waals surface area contributed by atoms with Crippen molar-refractivity contribution in [2.45, 2.75) is 13.8 Å². The van der Waals surface area contributed by atoms with Crippen molar-refractivity contribution in [3.8, 4) is 0 Å². The smallest absolute Gasteiger partial charge is 0.238 e. The van der Waals surface area contributed by atoms with E-state index in [9.17, 15) is 9.59 Å². The van der Waals surface area contributed by atoms with Gasteiger partial charge in [-0.05, 0) is 43.2 Å². The molecule has 0 atom stereocenters. The van der Waals surface area contributed by atoms with Crippen molar-refractivity contribution in [1.82, 2.24) is 4.90 Å². The van der Waals surface area contributed by atoms with Gasteiger partial charge in [-0.3, -0.25) is 14.5 Å². The van der Waals surface area contributed by atoms with E-state index in [2.05, 4.69) is 47.2 Å². The zero-order chi connectivity index (χ0) is 22.5. The summed E-state index contributed by atoms with van der Waals surface area (Å²) in [5, 5.41) is 2.95. The summed E-state index contributed by atoms with van der Waals surface area (Å²) < 4.78 is 0. The minimum Gasteiger partial charge on any atom is -0.369 e. The molecule has 5 heteroatoms. The minimum atomic E-state index is -0.0986.